The highest BCUT2D eigenvalue weighted by molar-refractivity contribution is 5.76. The van der Waals surface area contributed by atoms with Gasteiger partial charge in [0.25, 0.3) is 0 Å². The number of hydrogen-bond donors (Lipinski definition) is 3. The van der Waals surface area contributed by atoms with E-state index in [0.29, 0.717) is 23.0 Å². The lowest BCUT2D eigenvalue weighted by molar-refractivity contribution is 0.393. The average molecular weight is 390 g/mol. The van der Waals surface area contributed by atoms with Gasteiger partial charge in [-0.3, -0.25) is 4.40 Å². The first-order valence-electron chi connectivity index (χ1n) is 9.68. The van der Waals surface area contributed by atoms with Crippen LogP contribution in [-0.2, 0) is 0 Å². The molecule has 0 bridgehead atoms. The second-order valence-electron chi connectivity index (χ2n) is 7.39. The van der Waals surface area contributed by atoms with Crippen molar-refractivity contribution in [1.82, 2.24) is 24.8 Å². The summed E-state index contributed by atoms with van der Waals surface area (Å²) in [5.74, 6) is 1.64. The number of nitrogens with zero attached hydrogens (tertiary/aromatic N) is 4. The van der Waals surface area contributed by atoms with Gasteiger partial charge in [-0.15, -0.1) is 0 Å². The topological polar surface area (TPSA) is 101 Å². The van der Waals surface area contributed by atoms with Crippen molar-refractivity contribution in [3.05, 3.63) is 48.1 Å². The molecule has 0 saturated carbocycles. The van der Waals surface area contributed by atoms with Crippen molar-refractivity contribution in [1.29, 1.82) is 0 Å². The Morgan fingerprint density at radius 3 is 2.97 bits per heavy atom. The van der Waals surface area contributed by atoms with E-state index in [0.717, 1.165) is 48.0 Å². The van der Waals surface area contributed by atoms with Crippen molar-refractivity contribution >= 4 is 11.5 Å². The number of aromatic hydroxyl groups is 1. The molecule has 148 valence electrons. The van der Waals surface area contributed by atoms with Crippen LogP contribution in [-0.4, -0.2) is 43.8 Å². The van der Waals surface area contributed by atoms with Crippen LogP contribution in [0.4, 0.5) is 5.82 Å². The maximum Gasteiger partial charge on any atom is 0.141 e. The molecule has 1 aliphatic rings. The molecule has 4 aromatic rings. The van der Waals surface area contributed by atoms with Gasteiger partial charge in [0, 0.05) is 30.4 Å². The number of anilines is 1. The van der Waals surface area contributed by atoms with Gasteiger partial charge in [0.2, 0.25) is 0 Å². The third-order valence-corrected chi connectivity index (χ3v) is 5.35. The Labute approximate surface area is 167 Å². The lowest BCUT2D eigenvalue weighted by Crippen LogP contribution is -2.22. The molecule has 0 radical (unpaired) electrons. The summed E-state index contributed by atoms with van der Waals surface area (Å²) in [5.41, 5.74) is 4.48. The van der Waals surface area contributed by atoms with Crippen molar-refractivity contribution in [2.45, 2.75) is 26.3 Å². The Bertz CT molecular complexity index is 1170. The molecule has 29 heavy (non-hydrogen) atoms. The highest BCUT2D eigenvalue weighted by atomic mass is 16.5. The minimum atomic E-state index is 0.140. The zero-order valence-corrected chi connectivity index (χ0v) is 16.3. The van der Waals surface area contributed by atoms with Gasteiger partial charge < -0.3 is 20.3 Å². The standard InChI is InChI=1S/C21H22N6O2/c1-12-21(13(2)29-26-12)15-11-27-17(10-23-20(27)8-18(15)28)16-4-3-5-19(25-16)24-14-6-7-22-9-14/h3-5,8,10-11,14,22,28H,6-7,9H2,1-2H3,(H,24,25). The summed E-state index contributed by atoms with van der Waals surface area (Å²) in [4.78, 5) is 9.24. The lowest BCUT2D eigenvalue weighted by atomic mass is 10.1. The molecule has 5 rings (SSSR count). The van der Waals surface area contributed by atoms with Gasteiger partial charge in [-0.25, -0.2) is 9.97 Å². The third kappa shape index (κ3) is 3.11. The Kier molecular flexibility index (Phi) is 4.21. The second-order valence-corrected chi connectivity index (χ2v) is 7.39. The molecular weight excluding hydrogens is 368 g/mol. The van der Waals surface area contributed by atoms with Gasteiger partial charge in [0.05, 0.1) is 28.8 Å². The predicted molar refractivity (Wildman–Crippen MR) is 110 cm³/mol. The maximum absolute atomic E-state index is 10.6. The Balaban J connectivity index is 1.58. The fourth-order valence-electron chi connectivity index (χ4n) is 3.91. The van der Waals surface area contributed by atoms with E-state index >= 15 is 0 Å². The van der Waals surface area contributed by atoms with Crippen molar-refractivity contribution in [2.75, 3.05) is 18.4 Å². The van der Waals surface area contributed by atoms with E-state index in [2.05, 4.69) is 20.8 Å². The first-order valence-corrected chi connectivity index (χ1v) is 9.68. The van der Waals surface area contributed by atoms with Crippen LogP contribution in [0.3, 0.4) is 0 Å². The molecule has 3 N–H and O–H groups in total. The van der Waals surface area contributed by atoms with Crippen LogP contribution in [0.1, 0.15) is 17.9 Å². The molecule has 8 heteroatoms. The molecule has 1 fully saturated rings. The summed E-state index contributed by atoms with van der Waals surface area (Å²) in [7, 11) is 0. The molecule has 0 spiro atoms. The van der Waals surface area contributed by atoms with E-state index in [1.807, 2.05) is 42.6 Å². The second kappa shape index (κ2) is 6.89. The Hall–Kier alpha value is -3.39. The molecule has 1 aliphatic heterocycles. The summed E-state index contributed by atoms with van der Waals surface area (Å²) in [6.07, 6.45) is 4.72. The Morgan fingerprint density at radius 2 is 2.21 bits per heavy atom. The fraction of sp³-hybridized carbons (Fsp3) is 0.286. The monoisotopic (exact) mass is 390 g/mol. The number of nitrogens with one attached hydrogen (secondary N) is 2. The molecular formula is C21H22N6O2. The quantitative estimate of drug-likeness (QED) is 0.492. The number of aromatic nitrogens is 4. The van der Waals surface area contributed by atoms with Crippen LogP contribution < -0.4 is 10.6 Å². The van der Waals surface area contributed by atoms with Crippen LogP contribution in [0.5, 0.6) is 5.75 Å². The summed E-state index contributed by atoms with van der Waals surface area (Å²) < 4.78 is 7.22. The largest absolute Gasteiger partial charge is 0.507 e. The van der Waals surface area contributed by atoms with Gasteiger partial charge in [0.15, 0.2) is 0 Å². The molecule has 0 aromatic carbocycles. The molecule has 4 aromatic heterocycles. The van der Waals surface area contributed by atoms with Gasteiger partial charge in [0.1, 0.15) is 23.0 Å². The molecule has 1 atom stereocenters. The SMILES string of the molecule is Cc1noc(C)c1-c1cn2c(-c3cccc(NC4CCNC4)n3)cnc2cc1O. The van der Waals surface area contributed by atoms with Crippen molar-refractivity contribution < 1.29 is 9.63 Å². The van der Waals surface area contributed by atoms with Crippen LogP contribution in [0.2, 0.25) is 0 Å². The number of aryl methyl sites for hydroxylation is 2. The van der Waals surface area contributed by atoms with Crippen LogP contribution >= 0.6 is 0 Å². The first-order chi connectivity index (χ1) is 14.1. The zero-order chi connectivity index (χ0) is 20.0. The van der Waals surface area contributed by atoms with Crippen LogP contribution in [0.25, 0.3) is 28.2 Å². The normalized spacial score (nSPS) is 16.6. The minimum Gasteiger partial charge on any atom is -0.507 e. The van der Waals surface area contributed by atoms with Gasteiger partial charge in [-0.2, -0.15) is 0 Å². The molecule has 0 aliphatic carbocycles. The summed E-state index contributed by atoms with van der Waals surface area (Å²) >= 11 is 0. The molecule has 5 heterocycles. The molecule has 8 nitrogen and oxygen atoms in total. The van der Waals surface area contributed by atoms with Gasteiger partial charge in [-0.1, -0.05) is 11.2 Å². The summed E-state index contributed by atoms with van der Waals surface area (Å²) in [6.45, 7) is 5.67. The number of imidazole rings is 1. The van der Waals surface area contributed by atoms with Gasteiger partial charge >= 0.3 is 0 Å². The predicted octanol–water partition coefficient (Wildman–Crippen LogP) is 3.15. The summed E-state index contributed by atoms with van der Waals surface area (Å²) in [6, 6.07) is 7.97. The highest BCUT2D eigenvalue weighted by Crippen LogP contribution is 2.35. The molecule has 1 unspecified atom stereocenters. The number of hydrogen-bond acceptors (Lipinski definition) is 7. The first kappa shape index (κ1) is 17.7. The van der Waals surface area contributed by atoms with E-state index in [-0.39, 0.29) is 5.75 Å². The zero-order valence-electron chi connectivity index (χ0n) is 16.3. The van der Waals surface area contributed by atoms with E-state index in [1.165, 1.54) is 0 Å². The van der Waals surface area contributed by atoms with Crippen molar-refractivity contribution in [2.24, 2.45) is 0 Å². The molecule has 1 saturated heterocycles. The number of fused-ring (bicyclic) bond motifs is 1. The van der Waals surface area contributed by atoms with Crippen LogP contribution in [0.15, 0.2) is 41.2 Å². The molecule has 0 amide bonds. The van der Waals surface area contributed by atoms with E-state index < -0.39 is 0 Å². The fourth-order valence-corrected chi connectivity index (χ4v) is 3.91. The highest BCUT2D eigenvalue weighted by Gasteiger charge is 2.19. The lowest BCUT2D eigenvalue weighted by Gasteiger charge is -2.13. The summed E-state index contributed by atoms with van der Waals surface area (Å²) in [5, 5.41) is 21.4. The van der Waals surface area contributed by atoms with Crippen LogP contribution in [0, 0.1) is 13.8 Å². The van der Waals surface area contributed by atoms with E-state index in [4.69, 9.17) is 9.51 Å². The van der Waals surface area contributed by atoms with Crippen molar-refractivity contribution in [3.8, 4) is 28.3 Å². The average Bonchev–Trinajstić information content (AvgIpc) is 3.43. The van der Waals surface area contributed by atoms with Crippen molar-refractivity contribution in [3.63, 3.8) is 0 Å². The van der Waals surface area contributed by atoms with E-state index in [9.17, 15) is 5.11 Å². The smallest absolute Gasteiger partial charge is 0.141 e. The minimum absolute atomic E-state index is 0.140. The van der Waals surface area contributed by atoms with E-state index in [1.54, 1.807) is 12.3 Å². The maximum atomic E-state index is 10.6. The third-order valence-electron chi connectivity index (χ3n) is 5.35. The number of pyridine rings is 2. The van der Waals surface area contributed by atoms with Gasteiger partial charge in [-0.05, 0) is 38.9 Å². The Morgan fingerprint density at radius 1 is 1.31 bits per heavy atom. The number of rotatable bonds is 4.